The van der Waals surface area contributed by atoms with Crippen LogP contribution in [0.3, 0.4) is 0 Å². The van der Waals surface area contributed by atoms with Crippen molar-refractivity contribution in [2.75, 3.05) is 0 Å². The summed E-state index contributed by atoms with van der Waals surface area (Å²) in [6.07, 6.45) is 8.73. The van der Waals surface area contributed by atoms with Crippen LogP contribution in [0.2, 0.25) is 0 Å². The van der Waals surface area contributed by atoms with E-state index in [1.807, 2.05) is 0 Å². The van der Waals surface area contributed by atoms with Crippen LogP contribution < -0.4 is 5.73 Å². The van der Waals surface area contributed by atoms with Crippen molar-refractivity contribution in [3.63, 3.8) is 0 Å². The van der Waals surface area contributed by atoms with Gasteiger partial charge in [-0.15, -0.1) is 0 Å². The maximum atomic E-state index is 10.2. The highest BCUT2D eigenvalue weighted by Crippen LogP contribution is 2.49. The Hall–Kier alpha value is -1.42. The smallest absolute Gasteiger partial charge is 0.337 e. The molecular formula is C15H22N2O2. The molecule has 4 unspecified atom stereocenters. The van der Waals surface area contributed by atoms with Gasteiger partial charge in [0.15, 0.2) is 0 Å². The fourth-order valence-electron chi connectivity index (χ4n) is 3.43. The minimum Gasteiger partial charge on any atom is -0.478 e. The number of hydrogen-bond donors (Lipinski definition) is 2. The number of nitrogens with two attached hydrogens (primary N) is 1. The van der Waals surface area contributed by atoms with E-state index in [2.05, 4.69) is 11.9 Å². The first kappa shape index (κ1) is 14.0. The minimum atomic E-state index is -0.942. The molecule has 1 aromatic rings. The molecule has 2 aliphatic rings. The van der Waals surface area contributed by atoms with E-state index in [1.54, 1.807) is 6.07 Å². The maximum Gasteiger partial charge on any atom is 0.337 e. The molecule has 0 saturated heterocycles. The summed E-state index contributed by atoms with van der Waals surface area (Å²) in [5.74, 6) is 1.99. The zero-order chi connectivity index (χ0) is 13.8. The largest absolute Gasteiger partial charge is 0.478 e. The average molecular weight is 262 g/mol. The van der Waals surface area contributed by atoms with Crippen molar-refractivity contribution in [2.45, 2.75) is 38.6 Å². The van der Waals surface area contributed by atoms with Gasteiger partial charge < -0.3 is 10.8 Å². The minimum absolute atomic E-state index is 0.220. The van der Waals surface area contributed by atoms with E-state index in [4.69, 9.17) is 10.8 Å². The Balaban J connectivity index is 0.000000141. The lowest BCUT2D eigenvalue weighted by Gasteiger charge is -2.24. The van der Waals surface area contributed by atoms with Gasteiger partial charge in [-0.3, -0.25) is 4.98 Å². The van der Waals surface area contributed by atoms with E-state index in [-0.39, 0.29) is 5.56 Å². The van der Waals surface area contributed by atoms with Crippen molar-refractivity contribution < 1.29 is 9.90 Å². The summed E-state index contributed by atoms with van der Waals surface area (Å²) in [5, 5.41) is 8.34. The fraction of sp³-hybridized carbons (Fsp3) is 0.600. The summed E-state index contributed by atoms with van der Waals surface area (Å²) in [5.41, 5.74) is 6.10. The lowest BCUT2D eigenvalue weighted by atomic mass is 9.84. The molecule has 4 heteroatoms. The van der Waals surface area contributed by atoms with Crippen LogP contribution in [0.5, 0.6) is 0 Å². The van der Waals surface area contributed by atoms with E-state index in [1.165, 1.54) is 44.1 Å². The van der Waals surface area contributed by atoms with Gasteiger partial charge >= 0.3 is 5.97 Å². The number of carboxylic acids is 1. The van der Waals surface area contributed by atoms with Crippen LogP contribution in [0.25, 0.3) is 0 Å². The SMILES string of the molecule is CC(N)C1CC2CCC1C2.O=C(O)c1cccnc1. The van der Waals surface area contributed by atoms with Gasteiger partial charge in [-0.2, -0.15) is 0 Å². The molecule has 4 nitrogen and oxygen atoms in total. The molecule has 1 aromatic heterocycles. The van der Waals surface area contributed by atoms with Crippen LogP contribution in [-0.2, 0) is 0 Å². The van der Waals surface area contributed by atoms with Gasteiger partial charge in [-0.25, -0.2) is 4.79 Å². The number of carbonyl (C=O) groups is 1. The Morgan fingerprint density at radius 2 is 2.26 bits per heavy atom. The number of aromatic carboxylic acids is 1. The third kappa shape index (κ3) is 3.53. The normalized spacial score (nSPS) is 29.5. The first-order valence-electron chi connectivity index (χ1n) is 6.96. The highest BCUT2D eigenvalue weighted by atomic mass is 16.4. The van der Waals surface area contributed by atoms with Gasteiger partial charge in [0.1, 0.15) is 0 Å². The first-order chi connectivity index (χ1) is 9.08. The van der Waals surface area contributed by atoms with Crippen LogP contribution >= 0.6 is 0 Å². The van der Waals surface area contributed by atoms with Crippen LogP contribution in [0, 0.1) is 17.8 Å². The fourth-order valence-corrected chi connectivity index (χ4v) is 3.43. The van der Waals surface area contributed by atoms with Gasteiger partial charge in [-0.05, 0) is 56.1 Å². The van der Waals surface area contributed by atoms with E-state index in [0.717, 1.165) is 17.8 Å². The van der Waals surface area contributed by atoms with E-state index < -0.39 is 5.97 Å². The molecule has 0 aromatic carbocycles. The molecule has 0 aliphatic heterocycles. The average Bonchev–Trinajstić information content (AvgIpc) is 3.03. The molecule has 3 N–H and O–H groups in total. The lowest BCUT2D eigenvalue weighted by molar-refractivity contribution is 0.0696. The molecule has 1 heterocycles. The summed E-state index contributed by atoms with van der Waals surface area (Å²) < 4.78 is 0. The highest BCUT2D eigenvalue weighted by molar-refractivity contribution is 5.86. The molecular weight excluding hydrogens is 240 g/mol. The van der Waals surface area contributed by atoms with Gasteiger partial charge in [0.05, 0.1) is 5.56 Å². The maximum absolute atomic E-state index is 10.2. The van der Waals surface area contributed by atoms with Gasteiger partial charge in [0, 0.05) is 18.4 Å². The van der Waals surface area contributed by atoms with Crippen molar-refractivity contribution in [3.8, 4) is 0 Å². The second-order valence-electron chi connectivity index (χ2n) is 5.74. The van der Waals surface area contributed by atoms with Crippen LogP contribution in [0.1, 0.15) is 43.0 Å². The summed E-state index contributed by atoms with van der Waals surface area (Å²) in [6.45, 7) is 2.17. The summed E-state index contributed by atoms with van der Waals surface area (Å²) in [7, 11) is 0. The summed E-state index contributed by atoms with van der Waals surface area (Å²) >= 11 is 0. The molecule has 2 aliphatic carbocycles. The molecule has 19 heavy (non-hydrogen) atoms. The second kappa shape index (κ2) is 6.15. The number of carboxylic acid groups (broad SMARTS) is 1. The van der Waals surface area contributed by atoms with Crippen molar-refractivity contribution in [2.24, 2.45) is 23.5 Å². The van der Waals surface area contributed by atoms with Gasteiger partial charge in [0.25, 0.3) is 0 Å². The Bertz CT molecular complexity index is 419. The third-order valence-corrected chi connectivity index (χ3v) is 4.38. The number of nitrogens with zero attached hydrogens (tertiary/aromatic N) is 1. The number of rotatable bonds is 2. The van der Waals surface area contributed by atoms with Crippen LogP contribution in [0.4, 0.5) is 0 Å². The molecule has 0 spiro atoms. The summed E-state index contributed by atoms with van der Waals surface area (Å²) in [4.78, 5) is 13.8. The molecule has 2 bridgehead atoms. The third-order valence-electron chi connectivity index (χ3n) is 4.38. The second-order valence-corrected chi connectivity index (χ2v) is 5.74. The Labute approximate surface area is 114 Å². The summed E-state index contributed by atoms with van der Waals surface area (Å²) in [6, 6.07) is 3.54. The van der Waals surface area contributed by atoms with Crippen LogP contribution in [-0.4, -0.2) is 22.1 Å². The predicted molar refractivity (Wildman–Crippen MR) is 73.8 cm³/mol. The molecule has 0 amide bonds. The Kier molecular flexibility index (Phi) is 4.53. The quantitative estimate of drug-likeness (QED) is 0.858. The van der Waals surface area contributed by atoms with E-state index in [9.17, 15) is 4.79 Å². The molecule has 4 atom stereocenters. The number of fused-ring (bicyclic) bond motifs is 2. The van der Waals surface area contributed by atoms with Crippen molar-refractivity contribution in [3.05, 3.63) is 30.1 Å². The standard InChI is InChI=1S/C9H17N.C6H5NO2/c1-6(10)9-5-7-2-3-8(9)4-7;8-6(9)5-2-1-3-7-4-5/h6-9H,2-5,10H2,1H3;1-4H,(H,8,9). The van der Waals surface area contributed by atoms with Crippen molar-refractivity contribution in [1.29, 1.82) is 0 Å². The van der Waals surface area contributed by atoms with Crippen LogP contribution in [0.15, 0.2) is 24.5 Å². The molecule has 2 saturated carbocycles. The van der Waals surface area contributed by atoms with Crippen molar-refractivity contribution in [1.82, 2.24) is 4.98 Å². The molecule has 2 fully saturated rings. The molecule has 0 radical (unpaired) electrons. The van der Waals surface area contributed by atoms with Crippen molar-refractivity contribution >= 4 is 5.97 Å². The van der Waals surface area contributed by atoms with Gasteiger partial charge in [-0.1, -0.05) is 6.42 Å². The topological polar surface area (TPSA) is 76.2 Å². The number of pyridine rings is 1. The zero-order valence-corrected chi connectivity index (χ0v) is 11.3. The monoisotopic (exact) mass is 262 g/mol. The first-order valence-corrected chi connectivity index (χ1v) is 6.96. The van der Waals surface area contributed by atoms with E-state index in [0.29, 0.717) is 6.04 Å². The predicted octanol–water partition coefficient (Wildman–Crippen LogP) is 2.55. The lowest BCUT2D eigenvalue weighted by Crippen LogP contribution is -2.30. The highest BCUT2D eigenvalue weighted by Gasteiger charge is 2.40. The molecule has 3 rings (SSSR count). The van der Waals surface area contributed by atoms with E-state index >= 15 is 0 Å². The number of aromatic nitrogens is 1. The zero-order valence-electron chi connectivity index (χ0n) is 11.3. The molecule has 104 valence electrons. The number of hydrogen-bond acceptors (Lipinski definition) is 3. The Morgan fingerprint density at radius 3 is 2.58 bits per heavy atom. The Morgan fingerprint density at radius 1 is 1.47 bits per heavy atom. The van der Waals surface area contributed by atoms with Gasteiger partial charge in [0.2, 0.25) is 0 Å².